The zero-order valence-corrected chi connectivity index (χ0v) is 14.1. The summed E-state index contributed by atoms with van der Waals surface area (Å²) in [5, 5.41) is 4.51. The molecule has 0 aliphatic rings. The smallest absolute Gasteiger partial charge is 0.123 e. The van der Waals surface area contributed by atoms with Crippen LogP contribution >= 0.6 is 11.3 Å². The van der Waals surface area contributed by atoms with E-state index in [1.165, 1.54) is 10.6 Å². The van der Waals surface area contributed by atoms with Gasteiger partial charge in [0.1, 0.15) is 10.8 Å². The van der Waals surface area contributed by atoms with Gasteiger partial charge in [0, 0.05) is 17.0 Å². The van der Waals surface area contributed by atoms with Gasteiger partial charge >= 0.3 is 0 Å². The van der Waals surface area contributed by atoms with Gasteiger partial charge in [0.2, 0.25) is 0 Å². The van der Waals surface area contributed by atoms with Gasteiger partial charge in [0.05, 0.1) is 12.8 Å². The highest BCUT2D eigenvalue weighted by molar-refractivity contribution is 7.15. The van der Waals surface area contributed by atoms with Gasteiger partial charge in [0.25, 0.3) is 0 Å². The molecule has 1 N–H and O–H groups in total. The van der Waals surface area contributed by atoms with E-state index in [0.29, 0.717) is 5.92 Å². The summed E-state index contributed by atoms with van der Waals surface area (Å²) in [6.07, 6.45) is 1.04. The number of benzene rings is 1. The summed E-state index contributed by atoms with van der Waals surface area (Å²) in [5.41, 5.74) is 2.40. The van der Waals surface area contributed by atoms with Crippen LogP contribution in [-0.2, 0) is 13.0 Å². The number of aromatic nitrogens is 1. The molecule has 2 rings (SSSR count). The molecule has 3 nitrogen and oxygen atoms in total. The lowest BCUT2D eigenvalue weighted by atomic mass is 10.1. The zero-order valence-electron chi connectivity index (χ0n) is 13.3. The molecule has 114 valence electrons. The monoisotopic (exact) mass is 304 g/mol. The summed E-state index contributed by atoms with van der Waals surface area (Å²) in [6, 6.07) is 8.13. The van der Waals surface area contributed by atoms with E-state index in [4.69, 9.17) is 9.72 Å². The maximum atomic E-state index is 5.21. The van der Waals surface area contributed by atoms with Crippen LogP contribution in [0.1, 0.15) is 31.3 Å². The predicted octanol–water partition coefficient (Wildman–Crippen LogP) is 4.13. The van der Waals surface area contributed by atoms with E-state index in [2.05, 4.69) is 38.2 Å². The first-order valence-corrected chi connectivity index (χ1v) is 8.29. The van der Waals surface area contributed by atoms with Crippen molar-refractivity contribution in [1.82, 2.24) is 10.3 Å². The molecule has 2 aromatic rings. The highest BCUT2D eigenvalue weighted by Crippen LogP contribution is 2.30. The average Bonchev–Trinajstić information content (AvgIpc) is 2.87. The van der Waals surface area contributed by atoms with Crippen molar-refractivity contribution in [1.29, 1.82) is 0 Å². The van der Waals surface area contributed by atoms with E-state index in [-0.39, 0.29) is 0 Å². The Morgan fingerprint density at radius 3 is 2.52 bits per heavy atom. The Morgan fingerprint density at radius 2 is 1.95 bits per heavy atom. The molecule has 1 aromatic carbocycles. The summed E-state index contributed by atoms with van der Waals surface area (Å²) in [4.78, 5) is 6.22. The van der Waals surface area contributed by atoms with E-state index in [9.17, 15) is 0 Å². The number of nitrogens with one attached hydrogen (secondary N) is 1. The van der Waals surface area contributed by atoms with Crippen LogP contribution < -0.4 is 10.1 Å². The molecular formula is C17H24N2OS. The van der Waals surface area contributed by atoms with Gasteiger partial charge in [-0.15, -0.1) is 11.3 Å². The molecule has 0 amide bonds. The molecule has 0 radical (unpaired) electrons. The second-order valence-electron chi connectivity index (χ2n) is 5.50. The third kappa shape index (κ3) is 4.29. The van der Waals surface area contributed by atoms with E-state index < -0.39 is 0 Å². The van der Waals surface area contributed by atoms with Crippen molar-refractivity contribution in [2.24, 2.45) is 5.92 Å². The molecule has 0 saturated heterocycles. The van der Waals surface area contributed by atoms with Crippen molar-refractivity contribution < 1.29 is 4.74 Å². The third-order valence-corrected chi connectivity index (χ3v) is 4.40. The largest absolute Gasteiger partial charge is 0.497 e. The number of methoxy groups -OCH3 is 1. The Hall–Kier alpha value is -1.39. The van der Waals surface area contributed by atoms with Gasteiger partial charge < -0.3 is 10.1 Å². The lowest BCUT2D eigenvalue weighted by molar-refractivity contribution is 0.415. The minimum Gasteiger partial charge on any atom is -0.497 e. The van der Waals surface area contributed by atoms with Gasteiger partial charge in [-0.05, 0) is 43.1 Å². The fourth-order valence-corrected chi connectivity index (χ4v) is 3.23. The topological polar surface area (TPSA) is 34.1 Å². The summed E-state index contributed by atoms with van der Waals surface area (Å²) in [6.45, 7) is 8.50. The van der Waals surface area contributed by atoms with E-state index in [0.717, 1.165) is 35.8 Å². The molecule has 0 bridgehead atoms. The highest BCUT2D eigenvalue weighted by Gasteiger charge is 2.13. The number of hydrogen-bond donors (Lipinski definition) is 1. The fourth-order valence-electron chi connectivity index (χ4n) is 2.16. The Labute approximate surface area is 131 Å². The molecule has 21 heavy (non-hydrogen) atoms. The third-order valence-electron chi connectivity index (χ3n) is 3.25. The van der Waals surface area contributed by atoms with Crippen molar-refractivity contribution in [3.63, 3.8) is 0 Å². The van der Waals surface area contributed by atoms with Gasteiger partial charge in [-0.3, -0.25) is 0 Å². The van der Waals surface area contributed by atoms with Gasteiger partial charge in [-0.25, -0.2) is 4.98 Å². The van der Waals surface area contributed by atoms with Crippen LogP contribution in [0.25, 0.3) is 10.6 Å². The van der Waals surface area contributed by atoms with Crippen molar-refractivity contribution >= 4 is 11.3 Å². The lowest BCUT2D eigenvalue weighted by Gasteiger charge is -2.04. The van der Waals surface area contributed by atoms with Gasteiger partial charge in [-0.1, -0.05) is 20.8 Å². The fraction of sp³-hybridized carbons (Fsp3) is 0.471. The van der Waals surface area contributed by atoms with Crippen molar-refractivity contribution in [2.45, 2.75) is 33.7 Å². The molecule has 1 aromatic heterocycles. The molecule has 0 atom stereocenters. The molecule has 0 unspecified atom stereocenters. The Morgan fingerprint density at radius 1 is 1.24 bits per heavy atom. The zero-order chi connectivity index (χ0) is 15.2. The predicted molar refractivity (Wildman–Crippen MR) is 90.0 cm³/mol. The molecule has 0 fully saturated rings. The summed E-state index contributed by atoms with van der Waals surface area (Å²) < 4.78 is 5.21. The van der Waals surface area contributed by atoms with E-state index in [1.54, 1.807) is 18.4 Å². The first-order chi connectivity index (χ1) is 10.1. The van der Waals surface area contributed by atoms with E-state index >= 15 is 0 Å². The SMILES string of the molecule is CCNCc1sc(-c2ccc(OC)cc2)nc1CC(C)C. The van der Waals surface area contributed by atoms with Crippen LogP contribution in [0.3, 0.4) is 0 Å². The van der Waals surface area contributed by atoms with Crippen LogP contribution in [0.2, 0.25) is 0 Å². The minimum atomic E-state index is 0.621. The molecule has 0 spiro atoms. The van der Waals surface area contributed by atoms with Gasteiger partial charge in [-0.2, -0.15) is 0 Å². The summed E-state index contributed by atoms with van der Waals surface area (Å²) >= 11 is 1.79. The number of ether oxygens (including phenoxy) is 1. The molecule has 0 saturated carbocycles. The quantitative estimate of drug-likeness (QED) is 0.835. The van der Waals surface area contributed by atoms with Crippen LogP contribution in [0.4, 0.5) is 0 Å². The summed E-state index contributed by atoms with van der Waals surface area (Å²) in [7, 11) is 1.69. The molecule has 1 heterocycles. The first-order valence-electron chi connectivity index (χ1n) is 7.47. The lowest BCUT2D eigenvalue weighted by Crippen LogP contribution is -2.12. The van der Waals surface area contributed by atoms with Crippen LogP contribution in [0, 0.1) is 5.92 Å². The average molecular weight is 304 g/mol. The van der Waals surface area contributed by atoms with Crippen molar-refractivity contribution in [3.8, 4) is 16.3 Å². The Balaban J connectivity index is 2.27. The number of thiazole rings is 1. The minimum absolute atomic E-state index is 0.621. The van der Waals surface area contributed by atoms with Crippen LogP contribution in [-0.4, -0.2) is 18.6 Å². The van der Waals surface area contributed by atoms with Gasteiger partial charge in [0.15, 0.2) is 0 Å². The van der Waals surface area contributed by atoms with Crippen molar-refractivity contribution in [2.75, 3.05) is 13.7 Å². The maximum Gasteiger partial charge on any atom is 0.123 e. The van der Waals surface area contributed by atoms with Crippen LogP contribution in [0.15, 0.2) is 24.3 Å². The molecule has 0 aliphatic carbocycles. The molecule has 4 heteroatoms. The summed E-state index contributed by atoms with van der Waals surface area (Å²) in [5.74, 6) is 1.50. The first kappa shape index (κ1) is 16.0. The maximum absolute atomic E-state index is 5.21. The standard InChI is InChI=1S/C17H24N2OS/c1-5-18-11-16-15(10-12(2)3)19-17(21-16)13-6-8-14(20-4)9-7-13/h6-9,12,18H,5,10-11H2,1-4H3. The molecule has 0 aliphatic heterocycles. The second-order valence-corrected chi connectivity index (χ2v) is 6.58. The van der Waals surface area contributed by atoms with Crippen molar-refractivity contribution in [3.05, 3.63) is 34.8 Å². The Bertz CT molecular complexity index is 561. The number of hydrogen-bond acceptors (Lipinski definition) is 4. The number of nitrogens with zero attached hydrogens (tertiary/aromatic N) is 1. The Kier molecular flexibility index (Phi) is 5.76. The normalized spacial score (nSPS) is 11.1. The highest BCUT2D eigenvalue weighted by atomic mass is 32.1. The second kappa shape index (κ2) is 7.57. The van der Waals surface area contributed by atoms with Crippen LogP contribution in [0.5, 0.6) is 5.75 Å². The molecular weight excluding hydrogens is 280 g/mol. The number of rotatable bonds is 7. The van der Waals surface area contributed by atoms with E-state index in [1.807, 2.05) is 12.1 Å².